The van der Waals surface area contributed by atoms with Gasteiger partial charge in [0, 0.05) is 46.2 Å². The first-order chi connectivity index (χ1) is 21.7. The fraction of sp³-hybridized carbons (Fsp3) is 0.156. The number of nitro groups is 2. The third-order valence-corrected chi connectivity index (χ3v) is 9.55. The molecule has 0 N–H and O–H groups in total. The summed E-state index contributed by atoms with van der Waals surface area (Å²) in [6.07, 6.45) is 6.17. The van der Waals surface area contributed by atoms with Crippen molar-refractivity contribution < 1.29 is 14.3 Å². The van der Waals surface area contributed by atoms with Gasteiger partial charge in [-0.05, 0) is 78.4 Å². The Bertz CT molecular complexity index is 2110. The molecular formula is C32H22BrN5O6S. The average Bonchev–Trinajstić information content (AvgIpc) is 3.67. The lowest BCUT2D eigenvalue weighted by atomic mass is 9.77. The molecule has 5 aromatic rings. The fourth-order valence-corrected chi connectivity index (χ4v) is 7.23. The van der Waals surface area contributed by atoms with Crippen molar-refractivity contribution in [2.75, 3.05) is 5.01 Å². The zero-order chi connectivity index (χ0) is 31.2. The molecule has 0 amide bonds. The van der Waals surface area contributed by atoms with Crippen molar-refractivity contribution in [3.05, 3.63) is 131 Å². The molecule has 1 aliphatic heterocycles. The summed E-state index contributed by atoms with van der Waals surface area (Å²) in [6.45, 7) is 0. The number of allylic oxidation sites excluding steroid dienone is 1. The van der Waals surface area contributed by atoms with Crippen molar-refractivity contribution in [3.8, 4) is 10.4 Å². The van der Waals surface area contributed by atoms with Crippen LogP contribution < -0.4 is 10.6 Å². The van der Waals surface area contributed by atoms with Gasteiger partial charge in [0.05, 0.1) is 32.0 Å². The number of nitro benzene ring substituents is 2. The zero-order valence-corrected chi connectivity index (χ0v) is 25.7. The van der Waals surface area contributed by atoms with Gasteiger partial charge < -0.3 is 4.42 Å². The molecule has 0 saturated heterocycles. The van der Waals surface area contributed by atoms with E-state index in [-0.39, 0.29) is 23.3 Å². The minimum absolute atomic E-state index is 0.00182. The van der Waals surface area contributed by atoms with E-state index in [2.05, 4.69) is 20.9 Å². The van der Waals surface area contributed by atoms with Crippen LogP contribution in [0.4, 0.5) is 16.5 Å². The summed E-state index contributed by atoms with van der Waals surface area (Å²) >= 11 is 4.78. The second kappa shape index (κ2) is 11.5. The Hall–Kier alpha value is -5.01. The number of halogens is 1. The number of thiazole rings is 1. The van der Waals surface area contributed by atoms with Gasteiger partial charge in [-0.15, -0.1) is 0 Å². The summed E-state index contributed by atoms with van der Waals surface area (Å²) < 4.78 is 6.45. The van der Waals surface area contributed by atoms with Gasteiger partial charge in [-0.2, -0.15) is 5.10 Å². The molecule has 45 heavy (non-hydrogen) atoms. The van der Waals surface area contributed by atoms with E-state index in [9.17, 15) is 25.0 Å². The quantitative estimate of drug-likeness (QED) is 0.0987. The van der Waals surface area contributed by atoms with Crippen LogP contribution in [-0.4, -0.2) is 20.5 Å². The first-order valence-corrected chi connectivity index (χ1v) is 15.6. The lowest BCUT2D eigenvalue weighted by Gasteiger charge is -2.29. The number of anilines is 1. The van der Waals surface area contributed by atoms with Crippen LogP contribution in [0.3, 0.4) is 0 Å². The molecule has 2 aliphatic rings. The monoisotopic (exact) mass is 683 g/mol. The van der Waals surface area contributed by atoms with Gasteiger partial charge in [-0.3, -0.25) is 20.2 Å². The van der Waals surface area contributed by atoms with E-state index < -0.39 is 15.5 Å². The summed E-state index contributed by atoms with van der Waals surface area (Å²) in [4.78, 5) is 39.9. The molecule has 0 unspecified atom stereocenters. The first-order valence-electron chi connectivity index (χ1n) is 14.0. The van der Waals surface area contributed by atoms with Gasteiger partial charge in [0.25, 0.3) is 11.4 Å². The molecule has 3 aromatic carbocycles. The minimum Gasteiger partial charge on any atom is -0.422 e. The topological polar surface area (TPSA) is 145 Å². The highest BCUT2D eigenvalue weighted by Crippen LogP contribution is 2.48. The number of non-ortho nitro benzene ring substituents is 2. The molecule has 0 bridgehead atoms. The highest BCUT2D eigenvalue weighted by molar-refractivity contribution is 9.10. The molecular weight excluding hydrogens is 662 g/mol. The highest BCUT2D eigenvalue weighted by atomic mass is 79.9. The molecule has 2 aromatic heterocycles. The molecule has 2 atom stereocenters. The molecule has 224 valence electrons. The van der Waals surface area contributed by atoms with Crippen molar-refractivity contribution in [1.82, 2.24) is 4.98 Å². The number of rotatable bonds is 6. The van der Waals surface area contributed by atoms with Crippen LogP contribution in [0.15, 0.2) is 103 Å². The predicted octanol–water partition coefficient (Wildman–Crippen LogP) is 8.30. The van der Waals surface area contributed by atoms with E-state index in [1.807, 2.05) is 23.2 Å². The first kappa shape index (κ1) is 28.7. The number of benzene rings is 3. The molecule has 0 radical (unpaired) electrons. The summed E-state index contributed by atoms with van der Waals surface area (Å²) in [6, 6.07) is 19.8. The number of nitrogens with zero attached hydrogens (tertiary/aromatic N) is 5. The molecule has 7 rings (SSSR count). The molecule has 1 aliphatic carbocycles. The summed E-state index contributed by atoms with van der Waals surface area (Å²) in [5.41, 5.74) is 4.01. The second-order valence-electron chi connectivity index (χ2n) is 10.8. The Morgan fingerprint density at radius 1 is 0.978 bits per heavy atom. The maximum Gasteiger partial charge on any atom is 0.345 e. The number of fused-ring (bicyclic) bond motifs is 2. The molecule has 0 spiro atoms. The number of aromatic nitrogens is 1. The Kier molecular flexibility index (Phi) is 7.34. The zero-order valence-electron chi connectivity index (χ0n) is 23.3. The smallest absolute Gasteiger partial charge is 0.345 e. The van der Waals surface area contributed by atoms with Crippen LogP contribution in [0.5, 0.6) is 0 Å². The Balaban J connectivity index is 1.30. The van der Waals surface area contributed by atoms with Crippen molar-refractivity contribution in [3.63, 3.8) is 0 Å². The van der Waals surface area contributed by atoms with Crippen LogP contribution in [0.25, 0.3) is 27.5 Å². The van der Waals surface area contributed by atoms with Crippen molar-refractivity contribution in [1.29, 1.82) is 0 Å². The maximum absolute atomic E-state index is 13.0. The number of hydrogen-bond donors (Lipinski definition) is 0. The summed E-state index contributed by atoms with van der Waals surface area (Å²) in [7, 11) is 0. The van der Waals surface area contributed by atoms with Gasteiger partial charge in [0.1, 0.15) is 5.58 Å². The van der Waals surface area contributed by atoms with Crippen LogP contribution in [0, 0.1) is 26.1 Å². The maximum atomic E-state index is 13.0. The fourth-order valence-electron chi connectivity index (χ4n) is 5.94. The van der Waals surface area contributed by atoms with E-state index in [0.29, 0.717) is 21.2 Å². The summed E-state index contributed by atoms with van der Waals surface area (Å²) in [5, 5.41) is 30.8. The van der Waals surface area contributed by atoms with Gasteiger partial charge in [-0.25, -0.2) is 14.8 Å². The predicted molar refractivity (Wildman–Crippen MR) is 175 cm³/mol. The van der Waals surface area contributed by atoms with E-state index in [1.165, 1.54) is 35.6 Å². The Morgan fingerprint density at radius 2 is 1.69 bits per heavy atom. The van der Waals surface area contributed by atoms with Crippen LogP contribution in [0.2, 0.25) is 0 Å². The SMILES string of the molecule is O=c1oc2ccc(Br)cc2cc1-c1cnc(N2N=C3/C(=C\c4ccc([N+](=O)[O-])cc4)CCC[C@H]3[C@@H]2c2ccc([N+](=O)[O-])cc2)s1. The number of hydrazone groups is 1. The molecule has 1 fully saturated rings. The largest absolute Gasteiger partial charge is 0.422 e. The van der Waals surface area contributed by atoms with Gasteiger partial charge >= 0.3 is 5.63 Å². The average molecular weight is 685 g/mol. The molecule has 3 heterocycles. The van der Waals surface area contributed by atoms with E-state index in [0.717, 1.165) is 51.5 Å². The van der Waals surface area contributed by atoms with E-state index in [4.69, 9.17) is 9.52 Å². The minimum atomic E-state index is -0.471. The van der Waals surface area contributed by atoms with E-state index >= 15 is 0 Å². The standard InChI is InChI=1S/C32H22BrN5O6S/c33-22-8-13-27-21(15-22)16-26(31(39)44-27)28-17-34-32(45-28)36-30(19-6-11-24(12-7-19)38(42)43)25-3-1-2-20(29(25)35-36)14-18-4-9-23(10-5-18)37(40)41/h4-17,25,30H,1-3H2/b20-14-/t25-,30+/m1/s1. The molecule has 1 saturated carbocycles. The second-order valence-corrected chi connectivity index (χ2v) is 12.7. The lowest BCUT2D eigenvalue weighted by molar-refractivity contribution is -0.385. The van der Waals surface area contributed by atoms with Crippen LogP contribution in [-0.2, 0) is 0 Å². The van der Waals surface area contributed by atoms with Crippen molar-refractivity contribution >= 4 is 66.5 Å². The van der Waals surface area contributed by atoms with Gasteiger partial charge in [0.2, 0.25) is 5.13 Å². The summed E-state index contributed by atoms with van der Waals surface area (Å²) in [5.74, 6) is -0.0278. The Morgan fingerprint density at radius 3 is 2.40 bits per heavy atom. The lowest BCUT2D eigenvalue weighted by Crippen LogP contribution is -2.28. The van der Waals surface area contributed by atoms with Gasteiger partial charge in [0.15, 0.2) is 0 Å². The number of hydrogen-bond acceptors (Lipinski definition) is 10. The third-order valence-electron chi connectivity index (χ3n) is 8.04. The Labute approximate surface area is 267 Å². The third kappa shape index (κ3) is 5.44. The molecule has 13 heteroatoms. The normalized spacial score (nSPS) is 18.6. The highest BCUT2D eigenvalue weighted by Gasteiger charge is 2.43. The van der Waals surface area contributed by atoms with Crippen LogP contribution >= 0.6 is 27.3 Å². The molecule has 11 nitrogen and oxygen atoms in total. The van der Waals surface area contributed by atoms with Crippen LogP contribution in [0.1, 0.15) is 36.4 Å². The van der Waals surface area contributed by atoms with Crippen molar-refractivity contribution in [2.24, 2.45) is 11.0 Å². The van der Waals surface area contributed by atoms with E-state index in [1.54, 1.807) is 42.6 Å². The van der Waals surface area contributed by atoms with Gasteiger partial charge in [-0.1, -0.05) is 39.4 Å². The van der Waals surface area contributed by atoms with Crippen molar-refractivity contribution in [2.45, 2.75) is 25.3 Å².